The highest BCUT2D eigenvalue weighted by atomic mass is 16.5. The summed E-state index contributed by atoms with van der Waals surface area (Å²) in [4.78, 5) is 11.1. The number of carbonyl (C=O) groups is 1. The molecule has 0 radical (unpaired) electrons. The number of rotatable bonds is 5. The van der Waals surface area contributed by atoms with Crippen molar-refractivity contribution in [2.45, 2.75) is 20.4 Å². The quantitative estimate of drug-likeness (QED) is 0.830. The van der Waals surface area contributed by atoms with Crippen LogP contribution in [-0.4, -0.2) is 30.8 Å². The Morgan fingerprint density at radius 1 is 1.44 bits per heavy atom. The van der Waals surface area contributed by atoms with Gasteiger partial charge in [-0.15, -0.1) is 0 Å². The van der Waals surface area contributed by atoms with Gasteiger partial charge in [0.05, 0.1) is 13.2 Å². The summed E-state index contributed by atoms with van der Waals surface area (Å²) in [6.45, 7) is 5.94. The molecule has 0 aromatic heterocycles. The molecule has 0 spiro atoms. The highest BCUT2D eigenvalue weighted by Crippen LogP contribution is 2.27. The van der Waals surface area contributed by atoms with Crippen LogP contribution in [0.3, 0.4) is 0 Å². The van der Waals surface area contributed by atoms with Gasteiger partial charge in [-0.05, 0) is 30.5 Å². The van der Waals surface area contributed by atoms with E-state index in [2.05, 4.69) is 31.3 Å². The monoisotopic (exact) mass is 249 g/mol. The van der Waals surface area contributed by atoms with Crippen LogP contribution in [0.5, 0.6) is 0 Å². The van der Waals surface area contributed by atoms with Gasteiger partial charge in [0.1, 0.15) is 5.41 Å². The first-order valence-corrected chi connectivity index (χ1v) is 6.12. The lowest BCUT2D eigenvalue weighted by atomic mass is 9.86. The van der Waals surface area contributed by atoms with E-state index in [1.54, 1.807) is 0 Å². The van der Waals surface area contributed by atoms with Crippen molar-refractivity contribution in [2.24, 2.45) is 5.41 Å². The molecule has 0 saturated carbocycles. The maximum atomic E-state index is 11.1. The summed E-state index contributed by atoms with van der Waals surface area (Å²) in [5.74, 6) is -0.776. The van der Waals surface area contributed by atoms with Crippen molar-refractivity contribution in [3.63, 3.8) is 0 Å². The molecule has 1 fully saturated rings. The molecule has 4 nitrogen and oxygen atoms in total. The normalized spacial score (nSPS) is 17.2. The van der Waals surface area contributed by atoms with E-state index in [1.807, 2.05) is 6.07 Å². The van der Waals surface area contributed by atoms with Crippen molar-refractivity contribution in [1.82, 2.24) is 5.32 Å². The number of hydrogen-bond donors (Lipinski definition) is 2. The molecule has 0 aliphatic carbocycles. The molecule has 18 heavy (non-hydrogen) atoms. The van der Waals surface area contributed by atoms with Gasteiger partial charge in [0.25, 0.3) is 0 Å². The van der Waals surface area contributed by atoms with Gasteiger partial charge in [0, 0.05) is 13.1 Å². The van der Waals surface area contributed by atoms with E-state index in [1.165, 1.54) is 16.7 Å². The first kappa shape index (κ1) is 13.1. The molecule has 0 atom stereocenters. The number of carboxylic acids is 1. The van der Waals surface area contributed by atoms with Gasteiger partial charge in [-0.3, -0.25) is 4.79 Å². The zero-order valence-electron chi connectivity index (χ0n) is 10.8. The molecule has 1 aliphatic heterocycles. The number of aliphatic carboxylic acids is 1. The summed E-state index contributed by atoms with van der Waals surface area (Å²) < 4.78 is 5.02. The van der Waals surface area contributed by atoms with Crippen molar-refractivity contribution < 1.29 is 14.6 Å². The Bertz CT molecular complexity index is 452. The Balaban J connectivity index is 1.92. The van der Waals surface area contributed by atoms with Gasteiger partial charge in [-0.2, -0.15) is 0 Å². The maximum absolute atomic E-state index is 11.1. The second-order valence-electron chi connectivity index (χ2n) is 5.04. The molecule has 1 aliphatic rings. The zero-order chi connectivity index (χ0) is 13.2. The predicted octanol–water partition coefficient (Wildman–Crippen LogP) is 1.49. The maximum Gasteiger partial charge on any atom is 0.315 e. The molecule has 4 heteroatoms. The molecular weight excluding hydrogens is 230 g/mol. The second-order valence-corrected chi connectivity index (χ2v) is 5.04. The molecule has 0 bridgehead atoms. The van der Waals surface area contributed by atoms with Crippen molar-refractivity contribution in [3.8, 4) is 0 Å². The van der Waals surface area contributed by atoms with Crippen LogP contribution in [0.4, 0.5) is 0 Å². The lowest BCUT2D eigenvalue weighted by molar-refractivity contribution is -0.178. The van der Waals surface area contributed by atoms with E-state index in [9.17, 15) is 4.79 Å². The Labute approximate surface area is 107 Å². The van der Waals surface area contributed by atoms with Crippen LogP contribution in [0.1, 0.15) is 16.7 Å². The number of ether oxygens (including phenoxy) is 1. The summed E-state index contributed by atoms with van der Waals surface area (Å²) in [5, 5.41) is 12.4. The van der Waals surface area contributed by atoms with Gasteiger partial charge >= 0.3 is 5.97 Å². The lowest BCUT2D eigenvalue weighted by Gasteiger charge is -2.37. The van der Waals surface area contributed by atoms with E-state index in [4.69, 9.17) is 9.84 Å². The van der Waals surface area contributed by atoms with Gasteiger partial charge in [-0.1, -0.05) is 18.2 Å². The molecule has 1 saturated heterocycles. The van der Waals surface area contributed by atoms with Crippen LogP contribution >= 0.6 is 0 Å². The molecule has 1 aromatic rings. The number of benzene rings is 1. The third-order valence-corrected chi connectivity index (χ3v) is 3.71. The fourth-order valence-electron chi connectivity index (χ4n) is 2.09. The molecule has 2 rings (SSSR count). The van der Waals surface area contributed by atoms with E-state index >= 15 is 0 Å². The molecule has 0 amide bonds. The Kier molecular flexibility index (Phi) is 3.68. The minimum atomic E-state index is -0.776. The summed E-state index contributed by atoms with van der Waals surface area (Å²) in [7, 11) is 0. The average Bonchev–Trinajstić information content (AvgIpc) is 2.27. The molecule has 1 aromatic carbocycles. The minimum absolute atomic E-state index is 0.308. The van der Waals surface area contributed by atoms with Crippen molar-refractivity contribution in [2.75, 3.05) is 19.8 Å². The smallest absolute Gasteiger partial charge is 0.315 e. The first-order chi connectivity index (χ1) is 8.55. The van der Waals surface area contributed by atoms with Crippen LogP contribution in [0, 0.1) is 19.3 Å². The fourth-order valence-corrected chi connectivity index (χ4v) is 2.09. The predicted molar refractivity (Wildman–Crippen MR) is 68.5 cm³/mol. The summed E-state index contributed by atoms with van der Waals surface area (Å²) in [6.07, 6.45) is 0. The molecule has 98 valence electrons. The molecule has 0 unspecified atom stereocenters. The number of hydrogen-bond acceptors (Lipinski definition) is 3. The molecule has 2 N–H and O–H groups in total. The van der Waals surface area contributed by atoms with E-state index in [0.717, 1.165) is 0 Å². The van der Waals surface area contributed by atoms with E-state index in [0.29, 0.717) is 26.3 Å². The zero-order valence-corrected chi connectivity index (χ0v) is 10.8. The van der Waals surface area contributed by atoms with Gasteiger partial charge < -0.3 is 15.2 Å². The van der Waals surface area contributed by atoms with E-state index in [-0.39, 0.29) is 0 Å². The number of nitrogens with one attached hydrogen (secondary N) is 1. The van der Waals surface area contributed by atoms with E-state index < -0.39 is 11.4 Å². The van der Waals surface area contributed by atoms with Gasteiger partial charge in [-0.25, -0.2) is 0 Å². The topological polar surface area (TPSA) is 58.6 Å². The first-order valence-electron chi connectivity index (χ1n) is 6.12. The third-order valence-electron chi connectivity index (χ3n) is 3.71. The van der Waals surface area contributed by atoms with Crippen molar-refractivity contribution >= 4 is 5.97 Å². The Morgan fingerprint density at radius 3 is 2.72 bits per heavy atom. The summed E-state index contributed by atoms with van der Waals surface area (Å²) in [5.41, 5.74) is 3.02. The van der Waals surface area contributed by atoms with Crippen LogP contribution in [0.15, 0.2) is 18.2 Å². The van der Waals surface area contributed by atoms with Crippen LogP contribution in [0.2, 0.25) is 0 Å². The lowest BCUT2D eigenvalue weighted by Crippen LogP contribution is -2.55. The minimum Gasteiger partial charge on any atom is -0.481 e. The largest absolute Gasteiger partial charge is 0.481 e. The molecular formula is C14H19NO3. The highest BCUT2D eigenvalue weighted by molar-refractivity contribution is 5.76. The number of aryl methyl sites for hydroxylation is 1. The average molecular weight is 249 g/mol. The SMILES string of the molecule is Cc1cccc(CNCC2(C(=O)O)COC2)c1C. The third kappa shape index (κ3) is 2.40. The van der Waals surface area contributed by atoms with Crippen LogP contribution in [0.25, 0.3) is 0 Å². The van der Waals surface area contributed by atoms with Gasteiger partial charge in [0.2, 0.25) is 0 Å². The Morgan fingerprint density at radius 2 is 2.17 bits per heavy atom. The second kappa shape index (κ2) is 5.08. The van der Waals surface area contributed by atoms with Crippen LogP contribution < -0.4 is 5.32 Å². The van der Waals surface area contributed by atoms with Gasteiger partial charge in [0.15, 0.2) is 0 Å². The van der Waals surface area contributed by atoms with Crippen molar-refractivity contribution in [3.05, 3.63) is 34.9 Å². The fraction of sp³-hybridized carbons (Fsp3) is 0.500. The molecule has 1 heterocycles. The van der Waals surface area contributed by atoms with Crippen molar-refractivity contribution in [1.29, 1.82) is 0 Å². The summed E-state index contributed by atoms with van der Waals surface area (Å²) in [6, 6.07) is 6.18. The van der Waals surface area contributed by atoms with Crippen LogP contribution in [-0.2, 0) is 16.1 Å². The highest BCUT2D eigenvalue weighted by Gasteiger charge is 2.45. The summed E-state index contributed by atoms with van der Waals surface area (Å²) >= 11 is 0. The number of carboxylic acid groups (broad SMARTS) is 1. The standard InChI is InChI=1S/C14H19NO3/c1-10-4-3-5-12(11(10)2)6-15-7-14(13(16)17)8-18-9-14/h3-5,15H,6-9H2,1-2H3,(H,16,17). The Hall–Kier alpha value is -1.39.